The first kappa shape index (κ1) is 13.6. The van der Waals surface area contributed by atoms with Gasteiger partial charge in [-0.05, 0) is 24.0 Å². The molecule has 4 nitrogen and oxygen atoms in total. The summed E-state index contributed by atoms with van der Waals surface area (Å²) in [6.07, 6.45) is 4.75. The van der Waals surface area contributed by atoms with Crippen molar-refractivity contribution in [2.45, 2.75) is 32.7 Å². The molecule has 0 aliphatic carbocycles. The first-order valence-corrected chi connectivity index (χ1v) is 6.00. The number of carbonyl (C=O) groups is 1. The molecule has 0 saturated carbocycles. The van der Waals surface area contributed by atoms with E-state index in [1.807, 2.05) is 32.2 Å². The third-order valence-corrected chi connectivity index (χ3v) is 2.74. The molecule has 0 radical (unpaired) electrons. The van der Waals surface area contributed by atoms with E-state index in [2.05, 4.69) is 10.3 Å². The first-order valence-electron chi connectivity index (χ1n) is 6.00. The van der Waals surface area contributed by atoms with Crippen LogP contribution in [0.15, 0.2) is 24.5 Å². The van der Waals surface area contributed by atoms with E-state index in [1.54, 1.807) is 6.20 Å². The van der Waals surface area contributed by atoms with Crippen LogP contribution in [-0.4, -0.2) is 23.5 Å². The lowest BCUT2D eigenvalue weighted by Crippen LogP contribution is -2.35. The highest BCUT2D eigenvalue weighted by atomic mass is 16.1. The fraction of sp³-hybridized carbons (Fsp3) is 0.538. The summed E-state index contributed by atoms with van der Waals surface area (Å²) in [5.41, 5.74) is 6.96. The highest BCUT2D eigenvalue weighted by Crippen LogP contribution is 2.02. The van der Waals surface area contributed by atoms with Gasteiger partial charge in [-0.1, -0.05) is 19.9 Å². The Morgan fingerprint density at radius 3 is 2.88 bits per heavy atom. The fourth-order valence-corrected chi connectivity index (χ4v) is 1.41. The summed E-state index contributed by atoms with van der Waals surface area (Å²) in [6.45, 7) is 4.68. The average molecular weight is 235 g/mol. The summed E-state index contributed by atoms with van der Waals surface area (Å²) < 4.78 is 0. The Bertz CT molecular complexity index is 338. The third kappa shape index (κ3) is 5.45. The van der Waals surface area contributed by atoms with E-state index < -0.39 is 0 Å². The molecule has 94 valence electrons. The standard InChI is InChI=1S/C13H21N3O/c1-10(2)12(14)8-13(17)16-7-5-11-4-3-6-15-9-11/h3-4,6,9-10,12H,5,7-8,14H2,1-2H3,(H,16,17). The number of nitrogens with zero attached hydrogens (tertiary/aromatic N) is 1. The first-order chi connectivity index (χ1) is 8.09. The van der Waals surface area contributed by atoms with Crippen LogP contribution in [0.25, 0.3) is 0 Å². The topological polar surface area (TPSA) is 68.0 Å². The van der Waals surface area contributed by atoms with Gasteiger partial charge in [0, 0.05) is 31.4 Å². The minimum atomic E-state index is -0.0617. The van der Waals surface area contributed by atoms with Crippen molar-refractivity contribution in [2.24, 2.45) is 11.7 Å². The maximum atomic E-state index is 11.5. The molecule has 4 heteroatoms. The number of nitrogens with one attached hydrogen (secondary N) is 1. The minimum Gasteiger partial charge on any atom is -0.356 e. The molecule has 1 unspecified atom stereocenters. The molecule has 0 fully saturated rings. The Morgan fingerprint density at radius 1 is 1.53 bits per heavy atom. The van der Waals surface area contributed by atoms with Crippen LogP contribution < -0.4 is 11.1 Å². The van der Waals surface area contributed by atoms with Crippen molar-refractivity contribution in [3.63, 3.8) is 0 Å². The summed E-state index contributed by atoms with van der Waals surface area (Å²) in [7, 11) is 0. The molecule has 1 aromatic rings. The van der Waals surface area contributed by atoms with Crippen LogP contribution in [-0.2, 0) is 11.2 Å². The predicted octanol–water partition coefficient (Wildman–Crippen LogP) is 1.11. The van der Waals surface area contributed by atoms with Gasteiger partial charge in [0.05, 0.1) is 0 Å². The Kier molecular flexibility index (Phi) is 5.63. The second-order valence-corrected chi connectivity index (χ2v) is 4.57. The number of rotatable bonds is 6. The monoisotopic (exact) mass is 235 g/mol. The van der Waals surface area contributed by atoms with Crippen LogP contribution in [0, 0.1) is 5.92 Å². The summed E-state index contributed by atoms with van der Waals surface area (Å²) in [5, 5.41) is 2.87. The number of hydrogen-bond donors (Lipinski definition) is 2. The van der Waals surface area contributed by atoms with Gasteiger partial charge in [-0.15, -0.1) is 0 Å². The van der Waals surface area contributed by atoms with Gasteiger partial charge >= 0.3 is 0 Å². The number of amides is 1. The van der Waals surface area contributed by atoms with Crippen molar-refractivity contribution in [3.05, 3.63) is 30.1 Å². The Labute approximate surface area is 103 Å². The van der Waals surface area contributed by atoms with Gasteiger partial charge in [-0.2, -0.15) is 0 Å². The normalized spacial score (nSPS) is 12.5. The lowest BCUT2D eigenvalue weighted by Gasteiger charge is -2.14. The van der Waals surface area contributed by atoms with Gasteiger partial charge in [-0.25, -0.2) is 0 Å². The number of pyridine rings is 1. The van der Waals surface area contributed by atoms with Crippen LogP contribution in [0.3, 0.4) is 0 Å². The van der Waals surface area contributed by atoms with E-state index in [0.717, 1.165) is 12.0 Å². The number of aromatic nitrogens is 1. The molecule has 1 atom stereocenters. The van der Waals surface area contributed by atoms with Gasteiger partial charge in [0.1, 0.15) is 0 Å². The molecule has 0 saturated heterocycles. The number of carbonyl (C=O) groups excluding carboxylic acids is 1. The SMILES string of the molecule is CC(C)C(N)CC(=O)NCCc1cccnc1. The molecule has 1 amide bonds. The Hall–Kier alpha value is -1.42. The molecule has 0 spiro atoms. The van der Waals surface area contributed by atoms with E-state index in [1.165, 1.54) is 0 Å². The van der Waals surface area contributed by atoms with Gasteiger partial charge in [-0.3, -0.25) is 9.78 Å². The lowest BCUT2D eigenvalue weighted by molar-refractivity contribution is -0.121. The largest absolute Gasteiger partial charge is 0.356 e. The van der Waals surface area contributed by atoms with Crippen molar-refractivity contribution in [3.8, 4) is 0 Å². The summed E-state index contributed by atoms with van der Waals surface area (Å²) >= 11 is 0. The van der Waals surface area contributed by atoms with Gasteiger partial charge < -0.3 is 11.1 Å². The van der Waals surface area contributed by atoms with E-state index in [-0.39, 0.29) is 11.9 Å². The molecule has 1 rings (SSSR count). The second kappa shape index (κ2) is 7.01. The van der Waals surface area contributed by atoms with Crippen molar-refractivity contribution in [2.75, 3.05) is 6.54 Å². The second-order valence-electron chi connectivity index (χ2n) is 4.57. The molecular weight excluding hydrogens is 214 g/mol. The van der Waals surface area contributed by atoms with Crippen LogP contribution in [0.4, 0.5) is 0 Å². The molecule has 0 aromatic carbocycles. The van der Waals surface area contributed by atoms with Crippen molar-refractivity contribution in [1.29, 1.82) is 0 Å². The number of hydrogen-bond acceptors (Lipinski definition) is 3. The maximum Gasteiger partial charge on any atom is 0.221 e. The van der Waals surface area contributed by atoms with E-state index in [9.17, 15) is 4.79 Å². The zero-order valence-corrected chi connectivity index (χ0v) is 10.5. The summed E-state index contributed by atoms with van der Waals surface area (Å²) in [6, 6.07) is 3.83. The van der Waals surface area contributed by atoms with E-state index >= 15 is 0 Å². The highest BCUT2D eigenvalue weighted by Gasteiger charge is 2.12. The van der Waals surface area contributed by atoms with Crippen molar-refractivity contribution >= 4 is 5.91 Å². The quantitative estimate of drug-likeness (QED) is 0.776. The van der Waals surface area contributed by atoms with Crippen LogP contribution in [0.5, 0.6) is 0 Å². The van der Waals surface area contributed by atoms with Crippen LogP contribution in [0.2, 0.25) is 0 Å². The Balaban J connectivity index is 2.21. The zero-order chi connectivity index (χ0) is 12.7. The molecule has 0 aliphatic rings. The van der Waals surface area contributed by atoms with Gasteiger partial charge in [0.2, 0.25) is 5.91 Å². The molecule has 17 heavy (non-hydrogen) atoms. The predicted molar refractivity (Wildman–Crippen MR) is 68.4 cm³/mol. The lowest BCUT2D eigenvalue weighted by atomic mass is 10.0. The fourth-order valence-electron chi connectivity index (χ4n) is 1.41. The highest BCUT2D eigenvalue weighted by molar-refractivity contribution is 5.76. The summed E-state index contributed by atoms with van der Waals surface area (Å²) in [5.74, 6) is 0.356. The third-order valence-electron chi connectivity index (χ3n) is 2.74. The number of nitrogens with two attached hydrogens (primary N) is 1. The van der Waals surface area contributed by atoms with Crippen LogP contribution in [0.1, 0.15) is 25.8 Å². The molecule has 0 bridgehead atoms. The molecule has 3 N–H and O–H groups in total. The smallest absolute Gasteiger partial charge is 0.221 e. The van der Waals surface area contributed by atoms with E-state index in [0.29, 0.717) is 18.9 Å². The minimum absolute atomic E-state index is 0.0232. The van der Waals surface area contributed by atoms with Gasteiger partial charge in [0.15, 0.2) is 0 Å². The molecule has 1 heterocycles. The zero-order valence-electron chi connectivity index (χ0n) is 10.5. The van der Waals surface area contributed by atoms with E-state index in [4.69, 9.17) is 5.73 Å². The molecule has 0 aliphatic heterocycles. The summed E-state index contributed by atoms with van der Waals surface area (Å²) in [4.78, 5) is 15.6. The van der Waals surface area contributed by atoms with Crippen molar-refractivity contribution < 1.29 is 4.79 Å². The molecular formula is C13H21N3O. The molecule has 1 aromatic heterocycles. The van der Waals surface area contributed by atoms with Crippen molar-refractivity contribution in [1.82, 2.24) is 10.3 Å². The average Bonchev–Trinajstić information content (AvgIpc) is 2.30. The Morgan fingerprint density at radius 2 is 2.29 bits per heavy atom. The maximum absolute atomic E-state index is 11.5. The van der Waals surface area contributed by atoms with Crippen LogP contribution >= 0.6 is 0 Å². The van der Waals surface area contributed by atoms with Gasteiger partial charge in [0.25, 0.3) is 0 Å².